The van der Waals surface area contributed by atoms with Gasteiger partial charge in [-0.25, -0.2) is 4.79 Å². The molecule has 32 heavy (non-hydrogen) atoms. The molecular weight excluding hydrogens is 424 g/mol. The number of carboxylic acid groups (broad SMARTS) is 1. The lowest BCUT2D eigenvalue weighted by molar-refractivity contribution is -0.142. The van der Waals surface area contributed by atoms with Crippen LogP contribution in [-0.2, 0) is 24.0 Å². The third kappa shape index (κ3) is 9.16. The van der Waals surface area contributed by atoms with E-state index < -0.39 is 48.4 Å². The van der Waals surface area contributed by atoms with Crippen LogP contribution in [0, 0.1) is 0 Å². The van der Waals surface area contributed by atoms with E-state index in [2.05, 4.69) is 15.6 Å². The predicted octanol–water partition coefficient (Wildman–Crippen LogP) is -3.69. The van der Waals surface area contributed by atoms with Crippen LogP contribution in [0.2, 0.25) is 0 Å². The molecule has 0 saturated carbocycles. The maximum atomic E-state index is 12.6. The van der Waals surface area contributed by atoms with Gasteiger partial charge >= 0.3 is 5.97 Å². The summed E-state index contributed by atoms with van der Waals surface area (Å²) in [6.45, 7) is 0.209. The number of carbonyl (C=O) groups excluding carboxylic acids is 4. The lowest BCUT2D eigenvalue weighted by atomic mass is 10.1. The zero-order valence-electron chi connectivity index (χ0n) is 17.8. The van der Waals surface area contributed by atoms with E-state index in [0.29, 0.717) is 38.8 Å². The summed E-state index contributed by atoms with van der Waals surface area (Å²) in [5.74, 6) is -3.74. The molecule has 0 spiro atoms. The maximum absolute atomic E-state index is 12.6. The molecule has 0 aromatic rings. The van der Waals surface area contributed by atoms with Gasteiger partial charge in [0.05, 0.1) is 12.6 Å². The third-order valence-corrected chi connectivity index (χ3v) is 4.86. The van der Waals surface area contributed by atoms with Gasteiger partial charge in [-0.05, 0) is 32.1 Å². The van der Waals surface area contributed by atoms with E-state index >= 15 is 0 Å². The molecule has 1 heterocycles. The number of nitrogens with two attached hydrogens (primary N) is 4. The molecule has 1 saturated heterocycles. The standard InChI is InChI=1S/C18H32N8O6/c19-10(3-1-7-23-18(21)22)16(30)26-8-2-4-12(26)15(29)24-9-14(28)25-11(17(31)32)5-6-13(20)27/h10-12H,1-9,19H2,(H2,20,27)(H,24,29)(H,25,28)(H,31,32)(H4,21,22,23). The highest BCUT2D eigenvalue weighted by molar-refractivity contribution is 5.93. The first-order valence-electron chi connectivity index (χ1n) is 10.2. The van der Waals surface area contributed by atoms with Gasteiger partial charge in [-0.2, -0.15) is 0 Å². The number of carbonyl (C=O) groups is 5. The Hall–Kier alpha value is -3.42. The van der Waals surface area contributed by atoms with E-state index in [4.69, 9.17) is 28.0 Å². The quantitative estimate of drug-likeness (QED) is 0.0817. The second-order valence-electron chi connectivity index (χ2n) is 7.43. The number of rotatable bonds is 13. The maximum Gasteiger partial charge on any atom is 0.326 e. The van der Waals surface area contributed by atoms with Crippen molar-refractivity contribution in [3.63, 3.8) is 0 Å². The van der Waals surface area contributed by atoms with E-state index in [-0.39, 0.29) is 24.7 Å². The Bertz CT molecular complexity index is 739. The van der Waals surface area contributed by atoms with Gasteiger partial charge in [0.2, 0.25) is 23.6 Å². The van der Waals surface area contributed by atoms with Gasteiger partial charge in [-0.3, -0.25) is 24.2 Å². The van der Waals surface area contributed by atoms with E-state index in [1.54, 1.807) is 0 Å². The highest BCUT2D eigenvalue weighted by Gasteiger charge is 2.36. The van der Waals surface area contributed by atoms with Crippen molar-refractivity contribution in [3.8, 4) is 0 Å². The molecular formula is C18H32N8O6. The van der Waals surface area contributed by atoms with Crippen molar-refractivity contribution in [1.82, 2.24) is 15.5 Å². The summed E-state index contributed by atoms with van der Waals surface area (Å²) in [5.41, 5.74) is 21.4. The molecule has 180 valence electrons. The summed E-state index contributed by atoms with van der Waals surface area (Å²) in [6, 6.07) is -2.90. The van der Waals surface area contributed by atoms with Gasteiger partial charge in [-0.15, -0.1) is 0 Å². The largest absolute Gasteiger partial charge is 0.480 e. The molecule has 0 aromatic carbocycles. The Morgan fingerprint density at radius 1 is 1.12 bits per heavy atom. The van der Waals surface area contributed by atoms with Crippen molar-refractivity contribution in [2.24, 2.45) is 27.9 Å². The number of guanidine groups is 1. The van der Waals surface area contributed by atoms with Crippen LogP contribution in [0.3, 0.4) is 0 Å². The number of amides is 4. The average Bonchev–Trinajstić information content (AvgIpc) is 3.21. The number of aliphatic carboxylic acids is 1. The topological polar surface area (TPSA) is 249 Å². The van der Waals surface area contributed by atoms with Crippen LogP contribution in [0.5, 0.6) is 0 Å². The summed E-state index contributed by atoms with van der Waals surface area (Å²) in [5, 5.41) is 13.7. The number of hydrogen-bond donors (Lipinski definition) is 7. The Kier molecular flexibility index (Phi) is 10.9. The minimum Gasteiger partial charge on any atom is -0.480 e. The zero-order valence-corrected chi connectivity index (χ0v) is 17.8. The number of hydrogen-bond acceptors (Lipinski definition) is 7. The molecule has 1 aliphatic heterocycles. The molecule has 4 amide bonds. The average molecular weight is 457 g/mol. The third-order valence-electron chi connectivity index (χ3n) is 4.86. The summed E-state index contributed by atoms with van der Waals surface area (Å²) in [4.78, 5) is 64.3. The molecule has 0 radical (unpaired) electrons. The summed E-state index contributed by atoms with van der Waals surface area (Å²) >= 11 is 0. The van der Waals surface area contributed by atoms with Crippen LogP contribution >= 0.6 is 0 Å². The molecule has 1 rings (SSSR count). The number of likely N-dealkylation sites (tertiary alicyclic amines) is 1. The molecule has 0 aliphatic carbocycles. The van der Waals surface area contributed by atoms with Crippen molar-refractivity contribution >= 4 is 35.6 Å². The number of nitrogens with zero attached hydrogens (tertiary/aromatic N) is 2. The van der Waals surface area contributed by atoms with Crippen molar-refractivity contribution in [2.45, 2.75) is 56.7 Å². The van der Waals surface area contributed by atoms with Crippen molar-refractivity contribution < 1.29 is 29.1 Å². The van der Waals surface area contributed by atoms with Crippen LogP contribution in [-0.4, -0.2) is 83.3 Å². The molecule has 0 aromatic heterocycles. The molecule has 3 unspecified atom stereocenters. The van der Waals surface area contributed by atoms with Crippen molar-refractivity contribution in [1.29, 1.82) is 0 Å². The highest BCUT2D eigenvalue weighted by atomic mass is 16.4. The molecule has 1 aliphatic rings. The molecule has 0 bridgehead atoms. The number of carboxylic acids is 1. The highest BCUT2D eigenvalue weighted by Crippen LogP contribution is 2.19. The fourth-order valence-electron chi connectivity index (χ4n) is 3.23. The summed E-state index contributed by atoms with van der Waals surface area (Å²) < 4.78 is 0. The van der Waals surface area contributed by atoms with Crippen LogP contribution in [0.4, 0.5) is 0 Å². The van der Waals surface area contributed by atoms with E-state index in [0.717, 1.165) is 0 Å². The molecule has 14 nitrogen and oxygen atoms in total. The zero-order chi connectivity index (χ0) is 24.3. The van der Waals surface area contributed by atoms with E-state index in [1.165, 1.54) is 4.90 Å². The van der Waals surface area contributed by atoms with Gasteiger partial charge in [0.15, 0.2) is 5.96 Å². The summed E-state index contributed by atoms with van der Waals surface area (Å²) in [7, 11) is 0. The fraction of sp³-hybridized carbons (Fsp3) is 0.667. The van der Waals surface area contributed by atoms with Gasteiger partial charge in [0, 0.05) is 19.5 Å². The van der Waals surface area contributed by atoms with E-state index in [1.807, 2.05) is 0 Å². The van der Waals surface area contributed by atoms with Gasteiger partial charge in [0.25, 0.3) is 0 Å². The molecule has 3 atom stereocenters. The number of aliphatic imine (C=N–C) groups is 1. The predicted molar refractivity (Wildman–Crippen MR) is 114 cm³/mol. The lowest BCUT2D eigenvalue weighted by Gasteiger charge is -2.26. The lowest BCUT2D eigenvalue weighted by Crippen LogP contribution is -2.53. The Morgan fingerprint density at radius 3 is 2.41 bits per heavy atom. The smallest absolute Gasteiger partial charge is 0.326 e. The van der Waals surface area contributed by atoms with Crippen LogP contribution in [0.25, 0.3) is 0 Å². The van der Waals surface area contributed by atoms with Crippen LogP contribution in [0.15, 0.2) is 4.99 Å². The SMILES string of the molecule is NC(=O)CCC(NC(=O)CNC(=O)C1CCCN1C(=O)C(N)CCCN=C(N)N)C(=O)O. The summed E-state index contributed by atoms with van der Waals surface area (Å²) in [6.07, 6.45) is 1.47. The Morgan fingerprint density at radius 2 is 1.81 bits per heavy atom. The van der Waals surface area contributed by atoms with Gasteiger partial charge in [0.1, 0.15) is 12.1 Å². The molecule has 11 N–H and O–H groups in total. The first kappa shape index (κ1) is 26.6. The molecule has 1 fully saturated rings. The first-order valence-corrected chi connectivity index (χ1v) is 10.2. The second-order valence-corrected chi connectivity index (χ2v) is 7.43. The Balaban J connectivity index is 2.54. The molecule has 14 heteroatoms. The van der Waals surface area contributed by atoms with Crippen molar-refractivity contribution in [2.75, 3.05) is 19.6 Å². The monoisotopic (exact) mass is 456 g/mol. The van der Waals surface area contributed by atoms with Gasteiger partial charge in [-0.1, -0.05) is 0 Å². The van der Waals surface area contributed by atoms with E-state index in [9.17, 15) is 24.0 Å². The minimum atomic E-state index is -1.33. The first-order chi connectivity index (χ1) is 15.0. The fourth-order valence-corrected chi connectivity index (χ4v) is 3.23. The van der Waals surface area contributed by atoms with Crippen molar-refractivity contribution in [3.05, 3.63) is 0 Å². The van der Waals surface area contributed by atoms with Crippen LogP contribution < -0.4 is 33.6 Å². The second kappa shape index (κ2) is 13.1. The number of nitrogens with one attached hydrogen (secondary N) is 2. The minimum absolute atomic E-state index is 0.0484. The van der Waals surface area contributed by atoms with Gasteiger partial charge < -0.3 is 43.6 Å². The Labute approximate surface area is 185 Å². The normalized spacial score (nSPS) is 17.2. The number of primary amides is 1. The van der Waals surface area contributed by atoms with Crippen LogP contribution in [0.1, 0.15) is 38.5 Å².